The molecule has 6 heteroatoms. The van der Waals surface area contributed by atoms with E-state index in [1.54, 1.807) is 19.2 Å². The summed E-state index contributed by atoms with van der Waals surface area (Å²) in [6, 6.07) is 5.13. The van der Waals surface area contributed by atoms with Gasteiger partial charge in [0.05, 0.1) is 18.6 Å². The highest BCUT2D eigenvalue weighted by Crippen LogP contribution is 2.18. The lowest BCUT2D eigenvalue weighted by atomic mass is 10.1. The van der Waals surface area contributed by atoms with E-state index in [9.17, 15) is 14.0 Å². The number of hydrogen-bond donors (Lipinski definition) is 2. The molecule has 0 bridgehead atoms. The van der Waals surface area contributed by atoms with Crippen molar-refractivity contribution in [3.63, 3.8) is 0 Å². The minimum atomic E-state index is -0.632. The van der Waals surface area contributed by atoms with Crippen LogP contribution in [-0.2, 0) is 9.59 Å². The van der Waals surface area contributed by atoms with Crippen LogP contribution in [0.25, 0.3) is 0 Å². The van der Waals surface area contributed by atoms with E-state index < -0.39 is 6.04 Å². The number of nitrogens with two attached hydrogens (primary N) is 1. The van der Waals surface area contributed by atoms with Gasteiger partial charge < -0.3 is 16.0 Å². The molecule has 1 aromatic rings. The lowest BCUT2D eigenvalue weighted by Gasteiger charge is -2.26. The molecule has 0 fully saturated rings. The summed E-state index contributed by atoms with van der Waals surface area (Å²) in [6.45, 7) is 5.41. The fourth-order valence-electron chi connectivity index (χ4n) is 1.89. The van der Waals surface area contributed by atoms with E-state index >= 15 is 0 Å². The Kier molecular flexibility index (Phi) is 6.49. The molecule has 2 amide bonds. The standard InChI is InChI=1S/C16H24FN3O2/c1-10(2)15(18)16(22)19-9-14(21)20(4)11(3)12-5-7-13(17)8-6-12/h5-8,10-11,15H,9,18H2,1-4H3,(H,19,22)/t11?,15-/m0/s1. The quantitative estimate of drug-likeness (QED) is 0.835. The van der Waals surface area contributed by atoms with Gasteiger partial charge in [0.15, 0.2) is 0 Å². The maximum absolute atomic E-state index is 12.9. The maximum Gasteiger partial charge on any atom is 0.242 e. The Balaban J connectivity index is 2.58. The Hall–Kier alpha value is -1.95. The van der Waals surface area contributed by atoms with Crippen LogP contribution in [0, 0.1) is 11.7 Å². The molecular formula is C16H24FN3O2. The van der Waals surface area contributed by atoms with Crippen molar-refractivity contribution in [2.75, 3.05) is 13.6 Å². The minimum Gasteiger partial charge on any atom is -0.346 e. The number of halogens is 1. The highest BCUT2D eigenvalue weighted by Gasteiger charge is 2.21. The summed E-state index contributed by atoms with van der Waals surface area (Å²) in [6.07, 6.45) is 0. The molecule has 0 radical (unpaired) electrons. The van der Waals surface area contributed by atoms with E-state index in [0.29, 0.717) is 0 Å². The van der Waals surface area contributed by atoms with Crippen LogP contribution >= 0.6 is 0 Å². The topological polar surface area (TPSA) is 75.4 Å². The van der Waals surface area contributed by atoms with E-state index in [-0.39, 0.29) is 36.1 Å². The second-order valence-corrected chi connectivity index (χ2v) is 5.72. The van der Waals surface area contributed by atoms with Crippen LogP contribution in [0.3, 0.4) is 0 Å². The molecule has 0 aliphatic rings. The molecule has 0 aliphatic carbocycles. The first-order valence-electron chi connectivity index (χ1n) is 7.28. The number of carbonyl (C=O) groups excluding carboxylic acids is 2. The van der Waals surface area contributed by atoms with Gasteiger partial charge in [-0.1, -0.05) is 26.0 Å². The van der Waals surface area contributed by atoms with Crippen LogP contribution < -0.4 is 11.1 Å². The van der Waals surface area contributed by atoms with Crippen molar-refractivity contribution in [2.24, 2.45) is 11.7 Å². The van der Waals surface area contributed by atoms with Gasteiger partial charge in [0.25, 0.3) is 0 Å². The van der Waals surface area contributed by atoms with Crippen LogP contribution in [0.2, 0.25) is 0 Å². The summed E-state index contributed by atoms with van der Waals surface area (Å²) in [4.78, 5) is 25.4. The number of benzene rings is 1. The van der Waals surface area contributed by atoms with Gasteiger partial charge in [-0.3, -0.25) is 9.59 Å². The number of nitrogens with one attached hydrogen (secondary N) is 1. The summed E-state index contributed by atoms with van der Waals surface area (Å²) < 4.78 is 12.9. The molecule has 0 aromatic heterocycles. The normalized spacial score (nSPS) is 13.6. The minimum absolute atomic E-state index is 0.00553. The molecule has 122 valence electrons. The summed E-state index contributed by atoms with van der Waals surface area (Å²) >= 11 is 0. The highest BCUT2D eigenvalue weighted by molar-refractivity contribution is 5.87. The predicted molar refractivity (Wildman–Crippen MR) is 83.4 cm³/mol. The maximum atomic E-state index is 12.9. The first-order valence-corrected chi connectivity index (χ1v) is 7.28. The Bertz CT molecular complexity index is 517. The van der Waals surface area contributed by atoms with E-state index in [2.05, 4.69) is 5.32 Å². The number of carbonyl (C=O) groups is 2. The second kappa shape index (κ2) is 7.89. The third-order valence-corrected chi connectivity index (χ3v) is 3.76. The van der Waals surface area contributed by atoms with Crippen LogP contribution in [0.1, 0.15) is 32.4 Å². The van der Waals surface area contributed by atoms with Crippen molar-refractivity contribution in [3.05, 3.63) is 35.6 Å². The summed E-state index contributed by atoms with van der Waals surface area (Å²) in [5.41, 5.74) is 6.54. The SMILES string of the molecule is CC(C)[C@H](N)C(=O)NCC(=O)N(C)C(C)c1ccc(F)cc1. The fraction of sp³-hybridized carbons (Fsp3) is 0.500. The van der Waals surface area contributed by atoms with Gasteiger partial charge in [-0.25, -0.2) is 4.39 Å². The van der Waals surface area contributed by atoms with Crippen LogP contribution in [0.5, 0.6) is 0 Å². The molecule has 2 atom stereocenters. The number of nitrogens with zero attached hydrogens (tertiary/aromatic N) is 1. The number of hydrogen-bond acceptors (Lipinski definition) is 3. The predicted octanol–water partition coefficient (Wildman–Crippen LogP) is 1.44. The zero-order valence-corrected chi connectivity index (χ0v) is 13.5. The van der Waals surface area contributed by atoms with E-state index in [1.165, 1.54) is 17.0 Å². The lowest BCUT2D eigenvalue weighted by molar-refractivity contribution is -0.133. The molecule has 0 heterocycles. The van der Waals surface area contributed by atoms with Gasteiger partial charge in [0, 0.05) is 7.05 Å². The largest absolute Gasteiger partial charge is 0.346 e. The smallest absolute Gasteiger partial charge is 0.242 e. The molecule has 0 saturated heterocycles. The first-order chi connectivity index (χ1) is 10.2. The summed E-state index contributed by atoms with van der Waals surface area (Å²) in [5, 5.41) is 2.54. The third kappa shape index (κ3) is 4.80. The van der Waals surface area contributed by atoms with E-state index in [1.807, 2.05) is 20.8 Å². The molecule has 5 nitrogen and oxygen atoms in total. The molecule has 0 spiro atoms. The number of amides is 2. The van der Waals surface area contributed by atoms with Gasteiger partial charge in [0.1, 0.15) is 5.82 Å². The molecule has 1 aromatic carbocycles. The zero-order valence-electron chi connectivity index (χ0n) is 13.5. The van der Waals surface area contributed by atoms with Gasteiger partial charge in [-0.05, 0) is 30.5 Å². The molecule has 1 rings (SSSR count). The Labute approximate surface area is 130 Å². The van der Waals surface area contributed by atoms with Crippen LogP contribution in [0.15, 0.2) is 24.3 Å². The van der Waals surface area contributed by atoms with Gasteiger partial charge in [0.2, 0.25) is 11.8 Å². The monoisotopic (exact) mass is 309 g/mol. The molecule has 0 aliphatic heterocycles. The Morgan fingerprint density at radius 1 is 1.23 bits per heavy atom. The van der Waals surface area contributed by atoms with Crippen molar-refractivity contribution in [1.29, 1.82) is 0 Å². The van der Waals surface area contributed by atoms with Crippen molar-refractivity contribution < 1.29 is 14.0 Å². The van der Waals surface area contributed by atoms with Gasteiger partial charge in [-0.15, -0.1) is 0 Å². The molecule has 0 saturated carbocycles. The molecule has 3 N–H and O–H groups in total. The van der Waals surface area contributed by atoms with Crippen molar-refractivity contribution in [1.82, 2.24) is 10.2 Å². The summed E-state index contributed by atoms with van der Waals surface area (Å²) in [5.74, 6) is -0.891. The highest BCUT2D eigenvalue weighted by atomic mass is 19.1. The van der Waals surface area contributed by atoms with E-state index in [0.717, 1.165) is 5.56 Å². The molecular weight excluding hydrogens is 285 g/mol. The van der Waals surface area contributed by atoms with Crippen molar-refractivity contribution >= 4 is 11.8 Å². The van der Waals surface area contributed by atoms with Crippen molar-refractivity contribution in [2.45, 2.75) is 32.9 Å². The second-order valence-electron chi connectivity index (χ2n) is 5.72. The molecule has 22 heavy (non-hydrogen) atoms. The first kappa shape index (κ1) is 18.1. The van der Waals surface area contributed by atoms with E-state index in [4.69, 9.17) is 5.73 Å². The lowest BCUT2D eigenvalue weighted by Crippen LogP contribution is -2.47. The van der Waals surface area contributed by atoms with Crippen molar-refractivity contribution in [3.8, 4) is 0 Å². The Morgan fingerprint density at radius 3 is 2.27 bits per heavy atom. The number of rotatable bonds is 6. The van der Waals surface area contributed by atoms with Gasteiger partial charge >= 0.3 is 0 Å². The third-order valence-electron chi connectivity index (χ3n) is 3.76. The average Bonchev–Trinajstić information content (AvgIpc) is 2.50. The van der Waals surface area contributed by atoms with Crippen LogP contribution in [-0.4, -0.2) is 36.3 Å². The van der Waals surface area contributed by atoms with Gasteiger partial charge in [-0.2, -0.15) is 0 Å². The average molecular weight is 309 g/mol. The fourth-order valence-corrected chi connectivity index (χ4v) is 1.89. The molecule has 1 unspecified atom stereocenters. The summed E-state index contributed by atoms with van der Waals surface area (Å²) in [7, 11) is 1.64. The number of likely N-dealkylation sites (N-methyl/N-ethyl adjacent to an activating group) is 1. The Morgan fingerprint density at radius 2 is 1.77 bits per heavy atom. The zero-order chi connectivity index (χ0) is 16.9. The van der Waals surface area contributed by atoms with Crippen LogP contribution in [0.4, 0.5) is 4.39 Å².